The van der Waals surface area contributed by atoms with Crippen LogP contribution in [0.4, 0.5) is 13.2 Å². The van der Waals surface area contributed by atoms with E-state index in [0.717, 1.165) is 17.0 Å². The molecule has 0 saturated carbocycles. The summed E-state index contributed by atoms with van der Waals surface area (Å²) < 4.78 is 40.9. The first-order chi connectivity index (χ1) is 12.4. The molecule has 0 aromatic carbocycles. The Morgan fingerprint density at radius 2 is 2.00 bits per heavy atom. The average molecular weight is 515 g/mol. The van der Waals surface area contributed by atoms with Crippen molar-refractivity contribution in [2.45, 2.75) is 26.1 Å². The van der Waals surface area contributed by atoms with Crippen molar-refractivity contribution in [2.75, 3.05) is 20.2 Å². The summed E-state index contributed by atoms with van der Waals surface area (Å²) in [5.41, 5.74) is 0.794. The van der Waals surface area contributed by atoms with Crippen LogP contribution in [0.15, 0.2) is 29.5 Å². The number of alkyl halides is 3. The molecule has 0 atom stereocenters. The molecule has 0 radical (unpaired) electrons. The normalized spacial score (nSPS) is 11.7. The van der Waals surface area contributed by atoms with Crippen molar-refractivity contribution in [3.63, 3.8) is 0 Å². The zero-order chi connectivity index (χ0) is 19.0. The lowest BCUT2D eigenvalue weighted by Crippen LogP contribution is -2.37. The number of nitrogens with one attached hydrogen (secondary N) is 2. The Bertz CT molecular complexity index is 722. The quantitative estimate of drug-likeness (QED) is 0.337. The monoisotopic (exact) mass is 515 g/mol. The Labute approximate surface area is 176 Å². The van der Waals surface area contributed by atoms with Crippen LogP contribution < -0.4 is 15.4 Å². The number of aromatic nitrogens is 2. The zero-order valence-electron chi connectivity index (χ0n) is 14.8. The summed E-state index contributed by atoms with van der Waals surface area (Å²) in [7, 11) is 1.66. The van der Waals surface area contributed by atoms with Crippen LogP contribution in [0, 0.1) is 6.92 Å². The van der Waals surface area contributed by atoms with Crippen LogP contribution in [0.25, 0.3) is 0 Å². The number of thiazole rings is 1. The van der Waals surface area contributed by atoms with Gasteiger partial charge in [-0.25, -0.2) is 9.97 Å². The van der Waals surface area contributed by atoms with Crippen LogP contribution in [0.5, 0.6) is 5.88 Å². The van der Waals surface area contributed by atoms with E-state index in [9.17, 15) is 13.2 Å². The first-order valence-electron chi connectivity index (χ1n) is 7.86. The van der Waals surface area contributed by atoms with Gasteiger partial charge in [0.1, 0.15) is 0 Å². The Hall–Kier alpha value is -1.63. The van der Waals surface area contributed by atoms with Crippen molar-refractivity contribution in [1.29, 1.82) is 0 Å². The maximum Gasteiger partial charge on any atom is 0.422 e. The van der Waals surface area contributed by atoms with Crippen molar-refractivity contribution >= 4 is 41.3 Å². The molecule has 0 aliphatic rings. The number of aliphatic imine (C=N–C) groups is 1. The van der Waals surface area contributed by atoms with Crippen molar-refractivity contribution in [3.05, 3.63) is 40.0 Å². The van der Waals surface area contributed by atoms with Gasteiger partial charge in [0, 0.05) is 49.9 Å². The minimum Gasteiger partial charge on any atom is -0.468 e. The molecule has 0 saturated heterocycles. The minimum absolute atomic E-state index is 0. The van der Waals surface area contributed by atoms with E-state index in [0.29, 0.717) is 19.0 Å². The lowest BCUT2D eigenvalue weighted by molar-refractivity contribution is -0.154. The summed E-state index contributed by atoms with van der Waals surface area (Å²) >= 11 is 1.66. The van der Waals surface area contributed by atoms with E-state index in [1.807, 2.05) is 13.1 Å². The Morgan fingerprint density at radius 3 is 2.56 bits per heavy atom. The minimum atomic E-state index is -4.38. The summed E-state index contributed by atoms with van der Waals surface area (Å²) in [6.45, 7) is 1.78. The fraction of sp³-hybridized carbons (Fsp3) is 0.438. The van der Waals surface area contributed by atoms with Crippen molar-refractivity contribution in [3.8, 4) is 5.88 Å². The van der Waals surface area contributed by atoms with E-state index in [1.54, 1.807) is 24.5 Å². The predicted molar refractivity (Wildman–Crippen MR) is 110 cm³/mol. The maximum atomic E-state index is 12.1. The van der Waals surface area contributed by atoms with Crippen LogP contribution in [0.1, 0.15) is 15.4 Å². The van der Waals surface area contributed by atoms with E-state index in [-0.39, 0.29) is 29.9 Å². The molecule has 0 bridgehead atoms. The molecule has 0 unspecified atom stereocenters. The maximum absolute atomic E-state index is 12.1. The van der Waals surface area contributed by atoms with Gasteiger partial charge in [-0.1, -0.05) is 6.07 Å². The standard InChI is InChI=1S/C16H20F3N5OS.HI/c1-11-7-23-14(26-11)5-6-21-15(20-2)24-9-12-3-4-13(22-8-12)25-10-16(17,18)19;/h3-4,7-8H,5-6,9-10H2,1-2H3,(H2,20,21,24);1H. The Kier molecular flexibility index (Phi) is 9.77. The summed E-state index contributed by atoms with van der Waals surface area (Å²) in [5.74, 6) is 0.558. The van der Waals surface area contributed by atoms with Crippen LogP contribution >= 0.6 is 35.3 Å². The highest BCUT2D eigenvalue weighted by Gasteiger charge is 2.28. The number of ether oxygens (including phenoxy) is 1. The summed E-state index contributed by atoms with van der Waals surface area (Å²) in [4.78, 5) is 13.5. The molecule has 0 aliphatic heterocycles. The molecular weight excluding hydrogens is 494 g/mol. The molecule has 0 aliphatic carbocycles. The van der Waals surface area contributed by atoms with Gasteiger partial charge in [0.25, 0.3) is 0 Å². The lowest BCUT2D eigenvalue weighted by atomic mass is 10.3. The molecule has 27 heavy (non-hydrogen) atoms. The molecular formula is C16H21F3IN5OS. The van der Waals surface area contributed by atoms with Gasteiger partial charge < -0.3 is 15.4 Å². The number of halogens is 4. The third kappa shape index (κ3) is 9.22. The van der Waals surface area contributed by atoms with E-state index >= 15 is 0 Å². The highest BCUT2D eigenvalue weighted by molar-refractivity contribution is 14.0. The Morgan fingerprint density at radius 1 is 1.22 bits per heavy atom. The van der Waals surface area contributed by atoms with Crippen LogP contribution in [-0.4, -0.2) is 42.3 Å². The molecule has 150 valence electrons. The molecule has 11 heteroatoms. The second-order valence-electron chi connectivity index (χ2n) is 5.38. The first-order valence-corrected chi connectivity index (χ1v) is 8.67. The second kappa shape index (κ2) is 11.3. The molecule has 6 nitrogen and oxygen atoms in total. The molecule has 0 fully saturated rings. The summed E-state index contributed by atoms with van der Waals surface area (Å²) in [5, 5.41) is 7.35. The highest BCUT2D eigenvalue weighted by Crippen LogP contribution is 2.17. The van der Waals surface area contributed by atoms with E-state index in [2.05, 4.69) is 30.3 Å². The second-order valence-corrected chi connectivity index (χ2v) is 6.70. The van der Waals surface area contributed by atoms with Gasteiger partial charge >= 0.3 is 6.18 Å². The first kappa shape index (κ1) is 23.4. The zero-order valence-corrected chi connectivity index (χ0v) is 18.0. The van der Waals surface area contributed by atoms with Gasteiger partial charge in [-0.3, -0.25) is 4.99 Å². The third-order valence-electron chi connectivity index (χ3n) is 3.17. The highest BCUT2D eigenvalue weighted by atomic mass is 127. The topological polar surface area (TPSA) is 71.4 Å². The number of hydrogen-bond donors (Lipinski definition) is 2. The van der Waals surface area contributed by atoms with E-state index < -0.39 is 12.8 Å². The Balaban J connectivity index is 0.00000364. The largest absolute Gasteiger partial charge is 0.468 e. The molecule has 2 N–H and O–H groups in total. The van der Waals surface area contributed by atoms with Gasteiger partial charge in [0.05, 0.1) is 5.01 Å². The van der Waals surface area contributed by atoms with Gasteiger partial charge in [0.2, 0.25) is 5.88 Å². The van der Waals surface area contributed by atoms with Crippen LogP contribution in [0.2, 0.25) is 0 Å². The van der Waals surface area contributed by atoms with E-state index in [1.165, 1.54) is 17.1 Å². The van der Waals surface area contributed by atoms with Gasteiger partial charge in [-0.15, -0.1) is 35.3 Å². The third-order valence-corrected chi connectivity index (χ3v) is 4.14. The smallest absolute Gasteiger partial charge is 0.422 e. The fourth-order valence-corrected chi connectivity index (χ4v) is 2.75. The molecule has 2 aromatic heterocycles. The van der Waals surface area contributed by atoms with Gasteiger partial charge in [-0.2, -0.15) is 13.2 Å². The van der Waals surface area contributed by atoms with Crippen LogP contribution in [0.3, 0.4) is 0 Å². The van der Waals surface area contributed by atoms with Gasteiger partial charge in [0.15, 0.2) is 12.6 Å². The molecule has 2 aromatic rings. The lowest BCUT2D eigenvalue weighted by Gasteiger charge is -2.12. The average Bonchev–Trinajstić information content (AvgIpc) is 3.01. The molecule has 2 rings (SSSR count). The fourth-order valence-electron chi connectivity index (χ4n) is 1.97. The van der Waals surface area contributed by atoms with Crippen LogP contribution in [-0.2, 0) is 13.0 Å². The summed E-state index contributed by atoms with van der Waals surface area (Å²) in [6.07, 6.45) is -0.268. The van der Waals surface area contributed by atoms with Crippen molar-refractivity contribution in [1.82, 2.24) is 20.6 Å². The van der Waals surface area contributed by atoms with Gasteiger partial charge in [-0.05, 0) is 12.5 Å². The number of hydrogen-bond acceptors (Lipinski definition) is 5. The summed E-state index contributed by atoms with van der Waals surface area (Å²) in [6, 6.07) is 3.06. The molecule has 2 heterocycles. The molecule has 0 amide bonds. The predicted octanol–water partition coefficient (Wildman–Crippen LogP) is 3.31. The number of aryl methyl sites for hydroxylation is 1. The SMILES string of the molecule is CN=C(NCCc1ncc(C)s1)NCc1ccc(OCC(F)(F)F)nc1.I. The van der Waals surface area contributed by atoms with E-state index in [4.69, 9.17) is 0 Å². The number of pyridine rings is 1. The van der Waals surface area contributed by atoms with Crippen molar-refractivity contribution in [2.24, 2.45) is 4.99 Å². The number of rotatable bonds is 7. The van der Waals surface area contributed by atoms with Crippen molar-refractivity contribution < 1.29 is 17.9 Å². The number of guanidine groups is 1. The number of nitrogens with zero attached hydrogens (tertiary/aromatic N) is 3. The molecule has 0 spiro atoms.